The molecule has 0 atom stereocenters. The Labute approximate surface area is 125 Å². The van der Waals surface area contributed by atoms with Crippen molar-refractivity contribution in [1.82, 2.24) is 9.78 Å². The van der Waals surface area contributed by atoms with Crippen LogP contribution in [-0.2, 0) is 0 Å². The third-order valence-electron chi connectivity index (χ3n) is 3.42. The van der Waals surface area contributed by atoms with E-state index >= 15 is 0 Å². The van der Waals surface area contributed by atoms with E-state index in [-0.39, 0.29) is 0 Å². The lowest BCUT2D eigenvalue weighted by atomic mass is 10.2. The molecule has 3 heterocycles. The minimum Gasteiger partial charge on any atom is -0.618 e. The van der Waals surface area contributed by atoms with E-state index in [0.29, 0.717) is 5.69 Å². The third-order valence-corrected chi connectivity index (χ3v) is 4.10. The van der Waals surface area contributed by atoms with Crippen LogP contribution in [0.15, 0.2) is 65.6 Å². The predicted octanol–water partition coefficient (Wildman–Crippen LogP) is 3.39. The highest BCUT2D eigenvalue weighted by Crippen LogP contribution is 2.24. The van der Waals surface area contributed by atoms with Gasteiger partial charge in [-0.1, -0.05) is 18.2 Å². The number of thiophene rings is 1. The zero-order chi connectivity index (χ0) is 14.2. The van der Waals surface area contributed by atoms with Crippen molar-refractivity contribution in [2.75, 3.05) is 0 Å². The molecule has 0 aliphatic heterocycles. The van der Waals surface area contributed by atoms with Gasteiger partial charge in [0, 0.05) is 11.4 Å². The minimum atomic E-state index is 0.640. The SMILES string of the molecule is [O-][n+]1cc2cnn(-c3ccccc3)c2cc1-c1ccsc1. The summed E-state index contributed by atoms with van der Waals surface area (Å²) < 4.78 is 2.76. The topological polar surface area (TPSA) is 44.8 Å². The maximum atomic E-state index is 12.2. The zero-order valence-corrected chi connectivity index (χ0v) is 11.8. The van der Waals surface area contributed by atoms with E-state index in [9.17, 15) is 5.21 Å². The van der Waals surface area contributed by atoms with Gasteiger partial charge in [0.15, 0.2) is 6.20 Å². The molecular formula is C16H11N3OS. The summed E-state index contributed by atoms with van der Waals surface area (Å²) in [5.41, 5.74) is 3.47. The maximum Gasteiger partial charge on any atom is 0.226 e. The van der Waals surface area contributed by atoms with Crippen molar-refractivity contribution in [3.8, 4) is 16.9 Å². The number of hydrogen-bond donors (Lipinski definition) is 0. The number of aromatic nitrogens is 3. The number of hydrogen-bond acceptors (Lipinski definition) is 3. The molecule has 0 unspecified atom stereocenters. The van der Waals surface area contributed by atoms with E-state index in [0.717, 1.165) is 26.9 Å². The molecule has 4 rings (SSSR count). The van der Waals surface area contributed by atoms with E-state index in [4.69, 9.17) is 0 Å². The Morgan fingerprint density at radius 3 is 2.76 bits per heavy atom. The molecule has 5 heteroatoms. The molecule has 21 heavy (non-hydrogen) atoms. The van der Waals surface area contributed by atoms with Crippen LogP contribution in [0.25, 0.3) is 27.8 Å². The smallest absolute Gasteiger partial charge is 0.226 e. The van der Waals surface area contributed by atoms with Crippen molar-refractivity contribution >= 4 is 22.2 Å². The van der Waals surface area contributed by atoms with Gasteiger partial charge in [-0.2, -0.15) is 21.2 Å². The molecule has 4 nitrogen and oxygen atoms in total. The molecular weight excluding hydrogens is 282 g/mol. The number of rotatable bonds is 2. The summed E-state index contributed by atoms with van der Waals surface area (Å²) >= 11 is 1.58. The second-order valence-corrected chi connectivity index (χ2v) is 5.51. The number of fused-ring (bicyclic) bond motifs is 1. The fraction of sp³-hybridized carbons (Fsp3) is 0. The quantitative estimate of drug-likeness (QED) is 0.420. The van der Waals surface area contributed by atoms with Crippen LogP contribution >= 0.6 is 11.3 Å². The molecule has 0 amide bonds. The molecule has 0 spiro atoms. The summed E-state index contributed by atoms with van der Waals surface area (Å²) in [7, 11) is 0. The van der Waals surface area contributed by atoms with E-state index in [2.05, 4.69) is 5.10 Å². The van der Waals surface area contributed by atoms with Crippen molar-refractivity contribution in [2.24, 2.45) is 0 Å². The predicted molar refractivity (Wildman–Crippen MR) is 83.3 cm³/mol. The Morgan fingerprint density at radius 1 is 1.14 bits per heavy atom. The molecule has 3 aromatic heterocycles. The zero-order valence-electron chi connectivity index (χ0n) is 11.0. The van der Waals surface area contributed by atoms with E-state index in [1.807, 2.05) is 57.9 Å². The van der Waals surface area contributed by atoms with Crippen molar-refractivity contribution in [2.45, 2.75) is 0 Å². The maximum absolute atomic E-state index is 12.2. The Morgan fingerprint density at radius 2 is 2.00 bits per heavy atom. The first-order valence-electron chi connectivity index (χ1n) is 6.52. The fourth-order valence-corrected chi connectivity index (χ4v) is 3.05. The van der Waals surface area contributed by atoms with Gasteiger partial charge in [0.05, 0.1) is 28.4 Å². The van der Waals surface area contributed by atoms with Crippen molar-refractivity contribution in [3.63, 3.8) is 0 Å². The van der Waals surface area contributed by atoms with Crippen LogP contribution in [0, 0.1) is 5.21 Å². The molecule has 0 aliphatic rings. The molecule has 4 aromatic rings. The Kier molecular flexibility index (Phi) is 2.72. The Bertz CT molecular complexity index is 898. The lowest BCUT2D eigenvalue weighted by Gasteiger charge is -2.06. The van der Waals surface area contributed by atoms with Crippen molar-refractivity contribution in [1.29, 1.82) is 0 Å². The van der Waals surface area contributed by atoms with Crippen LogP contribution in [0.4, 0.5) is 0 Å². The van der Waals surface area contributed by atoms with Gasteiger partial charge in [-0.05, 0) is 23.6 Å². The van der Waals surface area contributed by atoms with Gasteiger partial charge < -0.3 is 5.21 Å². The summed E-state index contributed by atoms with van der Waals surface area (Å²) in [5.74, 6) is 0. The molecule has 0 aliphatic carbocycles. The van der Waals surface area contributed by atoms with Crippen LogP contribution in [0.5, 0.6) is 0 Å². The molecule has 0 saturated heterocycles. The van der Waals surface area contributed by atoms with Crippen LogP contribution < -0.4 is 4.73 Å². The monoisotopic (exact) mass is 293 g/mol. The minimum absolute atomic E-state index is 0.640. The summed E-state index contributed by atoms with van der Waals surface area (Å²) in [4.78, 5) is 0. The van der Waals surface area contributed by atoms with Crippen molar-refractivity contribution < 1.29 is 4.73 Å². The van der Waals surface area contributed by atoms with Gasteiger partial charge in [-0.15, -0.1) is 0 Å². The first kappa shape index (κ1) is 12.1. The lowest BCUT2D eigenvalue weighted by Crippen LogP contribution is -2.28. The Balaban J connectivity index is 1.97. The molecule has 0 saturated carbocycles. The van der Waals surface area contributed by atoms with Gasteiger partial charge in [-0.3, -0.25) is 0 Å². The second-order valence-electron chi connectivity index (χ2n) is 4.73. The van der Waals surface area contributed by atoms with Crippen LogP contribution in [0.3, 0.4) is 0 Å². The first-order valence-corrected chi connectivity index (χ1v) is 7.46. The molecule has 1 aromatic carbocycles. The molecule has 0 N–H and O–H groups in total. The van der Waals surface area contributed by atoms with Gasteiger partial charge in [-0.25, -0.2) is 4.68 Å². The number of nitrogens with zero attached hydrogens (tertiary/aromatic N) is 3. The first-order chi connectivity index (χ1) is 10.3. The second kappa shape index (κ2) is 4.71. The standard InChI is InChI=1S/C16H11N3OS/c20-18-10-13-9-17-19(14-4-2-1-3-5-14)16(13)8-15(18)12-6-7-21-11-12/h1-11H. The van der Waals surface area contributed by atoms with Crippen LogP contribution in [0.2, 0.25) is 0 Å². The van der Waals surface area contributed by atoms with Gasteiger partial charge in [0.25, 0.3) is 0 Å². The molecule has 0 fully saturated rings. The van der Waals surface area contributed by atoms with Crippen LogP contribution in [-0.4, -0.2) is 9.78 Å². The van der Waals surface area contributed by atoms with E-state index in [1.54, 1.807) is 23.7 Å². The average molecular weight is 293 g/mol. The lowest BCUT2D eigenvalue weighted by molar-refractivity contribution is -0.592. The number of benzene rings is 1. The van der Waals surface area contributed by atoms with E-state index < -0.39 is 0 Å². The number of pyridine rings is 1. The Hall–Kier alpha value is -2.66. The summed E-state index contributed by atoms with van der Waals surface area (Å²) in [6, 6.07) is 13.7. The fourth-order valence-electron chi connectivity index (χ4n) is 2.40. The van der Waals surface area contributed by atoms with Crippen LogP contribution in [0.1, 0.15) is 0 Å². The highest BCUT2D eigenvalue weighted by Gasteiger charge is 2.15. The average Bonchev–Trinajstić information content (AvgIpc) is 3.16. The van der Waals surface area contributed by atoms with Gasteiger partial charge in [0.2, 0.25) is 5.69 Å². The highest BCUT2D eigenvalue weighted by atomic mass is 32.1. The van der Waals surface area contributed by atoms with E-state index in [1.165, 1.54) is 0 Å². The molecule has 102 valence electrons. The highest BCUT2D eigenvalue weighted by molar-refractivity contribution is 7.08. The summed E-state index contributed by atoms with van der Waals surface area (Å²) in [6.07, 6.45) is 3.29. The normalized spacial score (nSPS) is 11.0. The molecule has 0 bridgehead atoms. The van der Waals surface area contributed by atoms with Crippen molar-refractivity contribution in [3.05, 3.63) is 70.8 Å². The largest absolute Gasteiger partial charge is 0.618 e. The van der Waals surface area contributed by atoms with Gasteiger partial charge >= 0.3 is 0 Å². The summed E-state index contributed by atoms with van der Waals surface area (Å²) in [6.45, 7) is 0. The van der Waals surface area contributed by atoms with Gasteiger partial charge in [0.1, 0.15) is 0 Å². The third kappa shape index (κ3) is 1.98. The molecule has 0 radical (unpaired) electrons. The summed E-state index contributed by atoms with van der Waals surface area (Å²) in [5, 5.41) is 21.3. The number of para-hydroxylation sites is 1.